The maximum atomic E-state index is 6.50. The number of hydrogen-bond donors (Lipinski definition) is 1. The quantitative estimate of drug-likeness (QED) is 0.919. The first-order chi connectivity index (χ1) is 10.2. The molecule has 1 unspecified atom stereocenters. The Morgan fingerprint density at radius 1 is 1.14 bits per heavy atom. The third-order valence-electron chi connectivity index (χ3n) is 4.22. The zero-order chi connectivity index (χ0) is 14.8. The number of fused-ring (bicyclic) bond motifs is 1. The van der Waals surface area contributed by atoms with Crippen LogP contribution < -0.4 is 10.6 Å². The van der Waals surface area contributed by atoms with Crippen LogP contribution in [0.15, 0.2) is 42.5 Å². The summed E-state index contributed by atoms with van der Waals surface area (Å²) in [6, 6.07) is 15.1. The second-order valence-electron chi connectivity index (χ2n) is 5.78. The van der Waals surface area contributed by atoms with Crippen LogP contribution in [-0.4, -0.2) is 6.04 Å². The van der Waals surface area contributed by atoms with Gasteiger partial charge >= 0.3 is 0 Å². The molecule has 0 aromatic heterocycles. The number of nitrogens with two attached hydrogens (primary N) is 1. The molecule has 21 heavy (non-hydrogen) atoms. The first-order valence-corrected chi connectivity index (χ1v) is 7.91. The van der Waals surface area contributed by atoms with Crippen molar-refractivity contribution >= 4 is 17.3 Å². The molecule has 1 atom stereocenters. The van der Waals surface area contributed by atoms with Crippen LogP contribution in [0.1, 0.15) is 30.0 Å². The molecule has 0 aliphatic carbocycles. The molecule has 2 N–H and O–H groups in total. The van der Waals surface area contributed by atoms with Crippen molar-refractivity contribution in [2.24, 2.45) is 5.73 Å². The summed E-state index contributed by atoms with van der Waals surface area (Å²) < 4.78 is 0. The van der Waals surface area contributed by atoms with E-state index in [1.165, 1.54) is 16.7 Å². The van der Waals surface area contributed by atoms with Crippen molar-refractivity contribution in [3.05, 3.63) is 64.2 Å². The molecular formula is C18H21ClN2. The van der Waals surface area contributed by atoms with Gasteiger partial charge in [-0.25, -0.2) is 0 Å². The Kier molecular flexibility index (Phi) is 4.18. The zero-order valence-corrected chi connectivity index (χ0v) is 13.1. The minimum absolute atomic E-state index is 0.211. The minimum Gasteiger partial charge on any atom is -0.362 e. The molecule has 110 valence electrons. The number of nitrogens with zero attached hydrogens (tertiary/aromatic N) is 1. The predicted molar refractivity (Wildman–Crippen MR) is 89.8 cm³/mol. The Morgan fingerprint density at radius 2 is 1.81 bits per heavy atom. The van der Waals surface area contributed by atoms with E-state index in [1.54, 1.807) is 0 Å². The fourth-order valence-corrected chi connectivity index (χ4v) is 3.21. The SMILES string of the molecule is CCC(N)Cc1ccc(N2Cc3ccccc3C2)c(Cl)c1. The number of anilines is 1. The number of benzene rings is 2. The molecule has 1 heterocycles. The van der Waals surface area contributed by atoms with Gasteiger partial charge in [0, 0.05) is 19.1 Å². The molecule has 0 amide bonds. The Bertz CT molecular complexity index is 614. The maximum Gasteiger partial charge on any atom is 0.0642 e. The van der Waals surface area contributed by atoms with Crippen LogP contribution in [0, 0.1) is 0 Å². The molecule has 0 radical (unpaired) electrons. The minimum atomic E-state index is 0.211. The average molecular weight is 301 g/mol. The Labute approximate surface area is 131 Å². The number of rotatable bonds is 4. The monoisotopic (exact) mass is 300 g/mol. The summed E-state index contributed by atoms with van der Waals surface area (Å²) in [6.45, 7) is 3.98. The highest BCUT2D eigenvalue weighted by Crippen LogP contribution is 2.33. The second kappa shape index (κ2) is 6.08. The molecule has 0 fully saturated rings. The highest BCUT2D eigenvalue weighted by atomic mass is 35.5. The van der Waals surface area contributed by atoms with Crippen molar-refractivity contribution in [2.75, 3.05) is 4.90 Å². The van der Waals surface area contributed by atoms with Crippen molar-refractivity contribution < 1.29 is 0 Å². The van der Waals surface area contributed by atoms with Crippen molar-refractivity contribution in [1.82, 2.24) is 0 Å². The molecule has 2 aromatic carbocycles. The van der Waals surface area contributed by atoms with Gasteiger partial charge in [0.1, 0.15) is 0 Å². The topological polar surface area (TPSA) is 29.3 Å². The average Bonchev–Trinajstić information content (AvgIpc) is 2.90. The van der Waals surface area contributed by atoms with Gasteiger partial charge in [-0.2, -0.15) is 0 Å². The highest BCUT2D eigenvalue weighted by Gasteiger charge is 2.20. The summed E-state index contributed by atoms with van der Waals surface area (Å²) in [4.78, 5) is 2.33. The molecule has 0 bridgehead atoms. The normalized spacial score (nSPS) is 15.1. The van der Waals surface area contributed by atoms with E-state index in [9.17, 15) is 0 Å². The summed E-state index contributed by atoms with van der Waals surface area (Å²) in [7, 11) is 0. The molecule has 3 rings (SSSR count). The lowest BCUT2D eigenvalue weighted by Crippen LogP contribution is -2.21. The van der Waals surface area contributed by atoms with Gasteiger partial charge in [-0.1, -0.05) is 48.9 Å². The van der Waals surface area contributed by atoms with Crippen LogP contribution in [0.25, 0.3) is 0 Å². The predicted octanol–water partition coefficient (Wildman–Crippen LogP) is 4.14. The number of hydrogen-bond acceptors (Lipinski definition) is 2. The molecule has 2 aromatic rings. The van der Waals surface area contributed by atoms with Crippen LogP contribution in [-0.2, 0) is 19.5 Å². The lowest BCUT2D eigenvalue weighted by atomic mass is 10.0. The molecule has 0 spiro atoms. The Hall–Kier alpha value is -1.51. The van der Waals surface area contributed by atoms with Gasteiger partial charge in [-0.15, -0.1) is 0 Å². The van der Waals surface area contributed by atoms with Crippen LogP contribution in [0.3, 0.4) is 0 Å². The lowest BCUT2D eigenvalue weighted by molar-refractivity contribution is 0.646. The molecule has 0 saturated heterocycles. The fraction of sp³-hybridized carbons (Fsp3) is 0.333. The Morgan fingerprint density at radius 3 is 2.38 bits per heavy atom. The summed E-state index contributed by atoms with van der Waals surface area (Å²) in [5, 5.41) is 0.823. The molecule has 2 nitrogen and oxygen atoms in total. The van der Waals surface area contributed by atoms with E-state index in [0.717, 1.165) is 36.6 Å². The Balaban J connectivity index is 1.79. The summed E-state index contributed by atoms with van der Waals surface area (Å²) >= 11 is 6.50. The standard InChI is InChI=1S/C18H21ClN2/c1-2-16(20)9-13-7-8-18(17(19)10-13)21-11-14-5-3-4-6-15(14)12-21/h3-8,10,16H,2,9,11-12,20H2,1H3. The largest absolute Gasteiger partial charge is 0.362 e. The second-order valence-corrected chi connectivity index (χ2v) is 6.19. The van der Waals surface area contributed by atoms with Crippen molar-refractivity contribution in [3.8, 4) is 0 Å². The van der Waals surface area contributed by atoms with E-state index >= 15 is 0 Å². The van der Waals surface area contributed by atoms with E-state index in [0.29, 0.717) is 0 Å². The third-order valence-corrected chi connectivity index (χ3v) is 4.52. The first kappa shape index (κ1) is 14.4. The molecule has 0 saturated carbocycles. The van der Waals surface area contributed by atoms with Crippen LogP contribution in [0.2, 0.25) is 5.02 Å². The summed E-state index contributed by atoms with van der Waals surface area (Å²) in [5.41, 5.74) is 11.1. The third kappa shape index (κ3) is 3.07. The van der Waals surface area contributed by atoms with E-state index in [-0.39, 0.29) is 6.04 Å². The molecular weight excluding hydrogens is 280 g/mol. The van der Waals surface area contributed by atoms with Gasteiger partial charge in [0.05, 0.1) is 10.7 Å². The van der Waals surface area contributed by atoms with Gasteiger partial charge in [0.2, 0.25) is 0 Å². The smallest absolute Gasteiger partial charge is 0.0642 e. The highest BCUT2D eigenvalue weighted by molar-refractivity contribution is 6.33. The van der Waals surface area contributed by atoms with E-state index in [1.807, 2.05) is 0 Å². The summed E-state index contributed by atoms with van der Waals surface area (Å²) in [6.07, 6.45) is 1.87. The summed E-state index contributed by atoms with van der Waals surface area (Å²) in [5.74, 6) is 0. The molecule has 1 aliphatic rings. The van der Waals surface area contributed by atoms with Crippen LogP contribution in [0.4, 0.5) is 5.69 Å². The van der Waals surface area contributed by atoms with Gasteiger partial charge in [-0.3, -0.25) is 0 Å². The molecule has 1 aliphatic heterocycles. The van der Waals surface area contributed by atoms with Gasteiger partial charge in [0.15, 0.2) is 0 Å². The van der Waals surface area contributed by atoms with Crippen molar-refractivity contribution in [1.29, 1.82) is 0 Å². The van der Waals surface area contributed by atoms with Crippen LogP contribution in [0.5, 0.6) is 0 Å². The maximum absolute atomic E-state index is 6.50. The number of halogens is 1. The molecule has 3 heteroatoms. The first-order valence-electron chi connectivity index (χ1n) is 7.53. The van der Waals surface area contributed by atoms with E-state index in [2.05, 4.69) is 54.3 Å². The van der Waals surface area contributed by atoms with Gasteiger partial charge in [0.25, 0.3) is 0 Å². The van der Waals surface area contributed by atoms with Gasteiger partial charge in [-0.05, 0) is 41.7 Å². The van der Waals surface area contributed by atoms with Crippen molar-refractivity contribution in [3.63, 3.8) is 0 Å². The van der Waals surface area contributed by atoms with Gasteiger partial charge < -0.3 is 10.6 Å². The van der Waals surface area contributed by atoms with Crippen molar-refractivity contribution in [2.45, 2.75) is 38.9 Å². The fourth-order valence-electron chi connectivity index (χ4n) is 2.88. The van der Waals surface area contributed by atoms with E-state index in [4.69, 9.17) is 17.3 Å². The van der Waals surface area contributed by atoms with E-state index < -0.39 is 0 Å². The zero-order valence-electron chi connectivity index (χ0n) is 12.3. The van der Waals surface area contributed by atoms with Crippen LogP contribution >= 0.6 is 11.6 Å². The lowest BCUT2D eigenvalue weighted by Gasteiger charge is -2.20.